The third-order valence-electron chi connectivity index (χ3n) is 4.80. The summed E-state index contributed by atoms with van der Waals surface area (Å²) in [6, 6.07) is 20.7. The van der Waals surface area contributed by atoms with Crippen LogP contribution in [0.15, 0.2) is 77.7 Å². The molecule has 0 saturated carbocycles. The van der Waals surface area contributed by atoms with Crippen LogP contribution in [0, 0.1) is 0 Å². The van der Waals surface area contributed by atoms with E-state index in [1.54, 1.807) is 31.2 Å². The Hall–Kier alpha value is -3.82. The molecule has 0 unspecified atom stereocenters. The molecule has 3 N–H and O–H groups in total. The number of primary sulfonamides is 1. The molecule has 0 atom stereocenters. The molecule has 32 heavy (non-hydrogen) atoms. The SMILES string of the molecule is CCOC(=O)c1ccc(-c2nnc(Nc3ccc(S(N)(=O)=O)cc3)c3ccccc23)cc1. The molecule has 0 radical (unpaired) electrons. The Labute approximate surface area is 185 Å². The van der Waals surface area contributed by atoms with Crippen LogP contribution in [0.4, 0.5) is 11.5 Å². The van der Waals surface area contributed by atoms with E-state index in [4.69, 9.17) is 9.88 Å². The summed E-state index contributed by atoms with van der Waals surface area (Å²) in [5, 5.41) is 18.8. The van der Waals surface area contributed by atoms with Crippen molar-refractivity contribution in [1.82, 2.24) is 10.2 Å². The summed E-state index contributed by atoms with van der Waals surface area (Å²) in [4.78, 5) is 11.9. The van der Waals surface area contributed by atoms with Gasteiger partial charge < -0.3 is 10.1 Å². The van der Waals surface area contributed by atoms with Crippen molar-refractivity contribution >= 4 is 38.3 Å². The molecule has 0 amide bonds. The Kier molecular flexibility index (Phi) is 5.85. The fourth-order valence-corrected chi connectivity index (χ4v) is 3.77. The number of hydrogen-bond acceptors (Lipinski definition) is 7. The number of nitrogens with one attached hydrogen (secondary N) is 1. The predicted molar refractivity (Wildman–Crippen MR) is 122 cm³/mol. The molecular weight excluding hydrogens is 428 g/mol. The fourth-order valence-electron chi connectivity index (χ4n) is 3.25. The monoisotopic (exact) mass is 448 g/mol. The first kappa shape index (κ1) is 21.4. The number of hydrogen-bond donors (Lipinski definition) is 2. The van der Waals surface area contributed by atoms with Gasteiger partial charge >= 0.3 is 5.97 Å². The number of nitrogens with two attached hydrogens (primary N) is 1. The standard InChI is InChI=1S/C23H20N4O4S/c1-2-31-23(28)16-9-7-15(8-10-16)21-19-5-3-4-6-20(19)22(27-26-21)25-17-11-13-18(14-12-17)32(24,29)30/h3-14H,2H2,1H3,(H,25,27)(H2,24,29,30). The molecular formula is C23H20N4O4S. The first-order chi connectivity index (χ1) is 15.4. The Balaban J connectivity index is 1.68. The second kappa shape index (κ2) is 8.74. The van der Waals surface area contributed by atoms with Gasteiger partial charge in [-0.3, -0.25) is 0 Å². The highest BCUT2D eigenvalue weighted by Crippen LogP contribution is 2.31. The van der Waals surface area contributed by atoms with Crippen LogP contribution in [0.2, 0.25) is 0 Å². The van der Waals surface area contributed by atoms with Gasteiger partial charge in [-0.05, 0) is 43.3 Å². The lowest BCUT2D eigenvalue weighted by atomic mass is 10.0. The summed E-state index contributed by atoms with van der Waals surface area (Å²) in [5.74, 6) is 0.152. The van der Waals surface area contributed by atoms with Crippen molar-refractivity contribution in [1.29, 1.82) is 0 Å². The van der Waals surface area contributed by atoms with E-state index in [-0.39, 0.29) is 10.9 Å². The van der Waals surface area contributed by atoms with Gasteiger partial charge in [0.2, 0.25) is 10.0 Å². The average Bonchev–Trinajstić information content (AvgIpc) is 2.79. The zero-order valence-electron chi connectivity index (χ0n) is 17.1. The van der Waals surface area contributed by atoms with Gasteiger partial charge in [0.1, 0.15) is 5.69 Å². The minimum Gasteiger partial charge on any atom is -0.462 e. The second-order valence-electron chi connectivity index (χ2n) is 6.94. The molecule has 0 fully saturated rings. The molecule has 8 nitrogen and oxygen atoms in total. The number of aromatic nitrogens is 2. The quantitative estimate of drug-likeness (QED) is 0.429. The molecule has 3 aromatic carbocycles. The zero-order valence-corrected chi connectivity index (χ0v) is 18.0. The summed E-state index contributed by atoms with van der Waals surface area (Å²) >= 11 is 0. The largest absolute Gasteiger partial charge is 0.462 e. The third-order valence-corrected chi connectivity index (χ3v) is 5.73. The maximum Gasteiger partial charge on any atom is 0.338 e. The Morgan fingerprint density at radius 1 is 0.938 bits per heavy atom. The van der Waals surface area contributed by atoms with Crippen LogP contribution in [-0.4, -0.2) is 31.2 Å². The molecule has 0 bridgehead atoms. The molecule has 4 rings (SSSR count). The lowest BCUT2D eigenvalue weighted by Crippen LogP contribution is -2.11. The van der Waals surface area contributed by atoms with Crippen LogP contribution < -0.4 is 10.5 Å². The summed E-state index contributed by atoms with van der Waals surface area (Å²) in [7, 11) is -3.76. The number of ether oxygens (including phenoxy) is 1. The van der Waals surface area contributed by atoms with E-state index < -0.39 is 10.0 Å². The third kappa shape index (κ3) is 4.43. The normalized spacial score (nSPS) is 11.3. The van der Waals surface area contributed by atoms with E-state index in [0.29, 0.717) is 29.4 Å². The minimum absolute atomic E-state index is 0.0283. The van der Waals surface area contributed by atoms with Crippen LogP contribution in [-0.2, 0) is 14.8 Å². The number of sulfonamides is 1. The van der Waals surface area contributed by atoms with Gasteiger partial charge in [-0.1, -0.05) is 36.4 Å². The molecule has 0 aliphatic heterocycles. The molecule has 1 aromatic heterocycles. The van der Waals surface area contributed by atoms with E-state index >= 15 is 0 Å². The first-order valence-electron chi connectivity index (χ1n) is 9.79. The van der Waals surface area contributed by atoms with Crippen LogP contribution in [0.3, 0.4) is 0 Å². The molecule has 4 aromatic rings. The van der Waals surface area contributed by atoms with Gasteiger partial charge in [0, 0.05) is 22.0 Å². The van der Waals surface area contributed by atoms with Crippen molar-refractivity contribution in [2.24, 2.45) is 5.14 Å². The highest BCUT2D eigenvalue weighted by molar-refractivity contribution is 7.89. The number of carbonyl (C=O) groups is 1. The van der Waals surface area contributed by atoms with Gasteiger partial charge in [0.05, 0.1) is 17.1 Å². The van der Waals surface area contributed by atoms with Crippen molar-refractivity contribution < 1.29 is 17.9 Å². The Bertz CT molecular complexity index is 1390. The molecule has 9 heteroatoms. The van der Waals surface area contributed by atoms with Crippen LogP contribution in [0.1, 0.15) is 17.3 Å². The minimum atomic E-state index is -3.76. The van der Waals surface area contributed by atoms with Crippen LogP contribution in [0.25, 0.3) is 22.0 Å². The maximum absolute atomic E-state index is 11.9. The van der Waals surface area contributed by atoms with Gasteiger partial charge in [-0.15, -0.1) is 10.2 Å². The van der Waals surface area contributed by atoms with Gasteiger partial charge in [0.15, 0.2) is 5.82 Å². The fraction of sp³-hybridized carbons (Fsp3) is 0.0870. The number of benzene rings is 3. The van der Waals surface area contributed by atoms with Crippen molar-refractivity contribution in [2.45, 2.75) is 11.8 Å². The van der Waals surface area contributed by atoms with Crippen molar-refractivity contribution in [3.63, 3.8) is 0 Å². The lowest BCUT2D eigenvalue weighted by molar-refractivity contribution is 0.0526. The van der Waals surface area contributed by atoms with Crippen LogP contribution >= 0.6 is 0 Å². The maximum atomic E-state index is 11.9. The Morgan fingerprint density at radius 3 is 2.22 bits per heavy atom. The summed E-state index contributed by atoms with van der Waals surface area (Å²) in [6.45, 7) is 2.08. The lowest BCUT2D eigenvalue weighted by Gasteiger charge is -2.12. The average molecular weight is 449 g/mol. The molecule has 0 saturated heterocycles. The number of carbonyl (C=O) groups excluding carboxylic acids is 1. The van der Waals surface area contributed by atoms with E-state index in [0.717, 1.165) is 16.3 Å². The summed E-state index contributed by atoms with van der Waals surface area (Å²) < 4.78 is 27.9. The topological polar surface area (TPSA) is 124 Å². The molecule has 162 valence electrons. The van der Waals surface area contributed by atoms with Gasteiger partial charge in [0.25, 0.3) is 0 Å². The van der Waals surface area contributed by atoms with E-state index in [1.165, 1.54) is 12.1 Å². The number of rotatable bonds is 6. The summed E-state index contributed by atoms with van der Waals surface area (Å²) in [6.07, 6.45) is 0. The van der Waals surface area contributed by atoms with E-state index in [9.17, 15) is 13.2 Å². The predicted octanol–water partition coefficient (Wildman–Crippen LogP) is 3.86. The smallest absolute Gasteiger partial charge is 0.338 e. The molecule has 0 spiro atoms. The van der Waals surface area contributed by atoms with Crippen molar-refractivity contribution in [3.8, 4) is 11.3 Å². The van der Waals surface area contributed by atoms with Gasteiger partial charge in [-0.25, -0.2) is 18.4 Å². The summed E-state index contributed by atoms with van der Waals surface area (Å²) in [5.41, 5.74) is 2.59. The number of anilines is 2. The Morgan fingerprint density at radius 2 is 1.59 bits per heavy atom. The van der Waals surface area contributed by atoms with E-state index in [1.807, 2.05) is 36.4 Å². The van der Waals surface area contributed by atoms with Crippen molar-refractivity contribution in [3.05, 3.63) is 78.4 Å². The molecule has 0 aliphatic rings. The highest BCUT2D eigenvalue weighted by Gasteiger charge is 2.13. The van der Waals surface area contributed by atoms with Crippen LogP contribution in [0.5, 0.6) is 0 Å². The highest BCUT2D eigenvalue weighted by atomic mass is 32.2. The zero-order chi connectivity index (χ0) is 22.7. The number of esters is 1. The van der Waals surface area contributed by atoms with E-state index in [2.05, 4.69) is 15.5 Å². The second-order valence-corrected chi connectivity index (χ2v) is 8.50. The molecule has 0 aliphatic carbocycles. The van der Waals surface area contributed by atoms with Gasteiger partial charge in [-0.2, -0.15) is 0 Å². The molecule has 1 heterocycles. The first-order valence-corrected chi connectivity index (χ1v) is 11.3. The number of fused-ring (bicyclic) bond motifs is 1. The number of nitrogens with zero attached hydrogens (tertiary/aromatic N) is 2. The van der Waals surface area contributed by atoms with Crippen molar-refractivity contribution in [2.75, 3.05) is 11.9 Å².